The molecule has 122 valence electrons. The Bertz CT molecular complexity index is 1020. The number of aryl methyl sites for hydroxylation is 3. The van der Waals surface area contributed by atoms with Crippen LogP contribution in [0.5, 0.6) is 0 Å². The highest BCUT2D eigenvalue weighted by Gasteiger charge is 2.16. The van der Waals surface area contributed by atoms with Crippen molar-refractivity contribution in [2.24, 2.45) is 7.05 Å². The first-order chi connectivity index (χ1) is 11.4. The second-order valence-corrected chi connectivity index (χ2v) is 6.30. The van der Waals surface area contributed by atoms with Crippen molar-refractivity contribution in [1.29, 1.82) is 0 Å². The fourth-order valence-corrected chi connectivity index (χ4v) is 3.13. The minimum absolute atomic E-state index is 0.0900. The number of nitrogens with zero attached hydrogens (tertiary/aromatic N) is 1. The van der Waals surface area contributed by atoms with E-state index < -0.39 is 5.91 Å². The van der Waals surface area contributed by atoms with Crippen molar-refractivity contribution in [3.63, 3.8) is 0 Å². The zero-order chi connectivity index (χ0) is 17.4. The highest BCUT2D eigenvalue weighted by Crippen LogP contribution is 2.21. The van der Waals surface area contributed by atoms with E-state index in [9.17, 15) is 9.59 Å². The Morgan fingerprint density at radius 1 is 1.17 bits per heavy atom. The Morgan fingerprint density at radius 2 is 1.92 bits per heavy atom. The molecule has 5 heteroatoms. The van der Waals surface area contributed by atoms with Crippen LogP contribution in [0.15, 0.2) is 47.4 Å². The van der Waals surface area contributed by atoms with Crippen molar-refractivity contribution in [2.75, 3.05) is 5.32 Å². The Kier molecular flexibility index (Phi) is 4.16. The number of carbonyl (C=O) groups excluding carboxylic acids is 1. The van der Waals surface area contributed by atoms with E-state index in [2.05, 4.69) is 5.32 Å². The predicted octanol–water partition coefficient (Wildman–Crippen LogP) is 4.06. The van der Waals surface area contributed by atoms with Gasteiger partial charge in [0, 0.05) is 24.3 Å². The lowest BCUT2D eigenvalue weighted by Gasteiger charge is -2.12. The third kappa shape index (κ3) is 2.81. The normalized spacial score (nSPS) is 10.8. The van der Waals surface area contributed by atoms with Crippen LogP contribution in [0.2, 0.25) is 5.02 Å². The Balaban J connectivity index is 2.08. The van der Waals surface area contributed by atoms with Gasteiger partial charge in [-0.2, -0.15) is 0 Å². The summed E-state index contributed by atoms with van der Waals surface area (Å²) in [6.07, 6.45) is 1.52. The van der Waals surface area contributed by atoms with E-state index in [1.54, 1.807) is 29.8 Å². The molecular formula is C19H17ClN2O2. The zero-order valence-corrected chi connectivity index (χ0v) is 14.4. The van der Waals surface area contributed by atoms with Crippen molar-refractivity contribution in [3.8, 4) is 0 Å². The van der Waals surface area contributed by atoms with Gasteiger partial charge in [0.15, 0.2) is 0 Å². The van der Waals surface area contributed by atoms with E-state index in [4.69, 9.17) is 11.6 Å². The Hall–Kier alpha value is -2.59. The number of halogens is 1. The summed E-state index contributed by atoms with van der Waals surface area (Å²) in [5, 5.41) is 3.72. The lowest BCUT2D eigenvalue weighted by molar-refractivity contribution is 0.102. The second-order valence-electron chi connectivity index (χ2n) is 5.89. The fourth-order valence-electron chi connectivity index (χ4n) is 2.82. The summed E-state index contributed by atoms with van der Waals surface area (Å²) in [4.78, 5) is 25.3. The number of carbonyl (C=O) groups is 1. The van der Waals surface area contributed by atoms with Crippen molar-refractivity contribution in [3.05, 3.63) is 74.5 Å². The lowest BCUT2D eigenvalue weighted by atomic mass is 10.1. The van der Waals surface area contributed by atoms with Crippen molar-refractivity contribution in [1.82, 2.24) is 4.57 Å². The highest BCUT2D eigenvalue weighted by molar-refractivity contribution is 6.35. The minimum Gasteiger partial charge on any atom is -0.348 e. The molecule has 0 aliphatic heterocycles. The molecule has 1 aromatic heterocycles. The third-order valence-electron chi connectivity index (χ3n) is 4.03. The summed E-state index contributed by atoms with van der Waals surface area (Å²) in [6, 6.07) is 10.8. The molecule has 24 heavy (non-hydrogen) atoms. The number of amides is 1. The number of hydrogen-bond acceptors (Lipinski definition) is 2. The van der Waals surface area contributed by atoms with Crippen molar-refractivity contribution < 1.29 is 4.79 Å². The summed E-state index contributed by atoms with van der Waals surface area (Å²) in [6.45, 7) is 3.91. The molecule has 0 spiro atoms. The van der Waals surface area contributed by atoms with Gasteiger partial charge in [0.05, 0.1) is 10.5 Å². The van der Waals surface area contributed by atoms with Gasteiger partial charge in [0.1, 0.15) is 5.56 Å². The van der Waals surface area contributed by atoms with Crippen LogP contribution in [0.1, 0.15) is 21.5 Å². The molecule has 0 radical (unpaired) electrons. The summed E-state index contributed by atoms with van der Waals surface area (Å²) in [7, 11) is 1.77. The van der Waals surface area contributed by atoms with Crippen LogP contribution in [0.25, 0.3) is 10.9 Å². The average molecular weight is 341 g/mol. The van der Waals surface area contributed by atoms with E-state index in [-0.39, 0.29) is 11.0 Å². The summed E-state index contributed by atoms with van der Waals surface area (Å²) >= 11 is 6.17. The molecule has 4 nitrogen and oxygen atoms in total. The number of aromatic nitrogens is 1. The second kappa shape index (κ2) is 6.13. The van der Waals surface area contributed by atoms with Crippen molar-refractivity contribution in [2.45, 2.75) is 13.8 Å². The molecule has 1 amide bonds. The quantitative estimate of drug-likeness (QED) is 0.764. The van der Waals surface area contributed by atoms with E-state index >= 15 is 0 Å². The van der Waals surface area contributed by atoms with Gasteiger partial charge in [-0.25, -0.2) is 0 Å². The number of anilines is 1. The van der Waals surface area contributed by atoms with Gasteiger partial charge in [-0.15, -0.1) is 0 Å². The topological polar surface area (TPSA) is 51.1 Å². The van der Waals surface area contributed by atoms with E-state index in [0.29, 0.717) is 21.6 Å². The molecule has 2 aromatic carbocycles. The van der Waals surface area contributed by atoms with Gasteiger partial charge < -0.3 is 9.88 Å². The molecule has 3 rings (SSSR count). The predicted molar refractivity (Wildman–Crippen MR) is 98.1 cm³/mol. The third-order valence-corrected chi connectivity index (χ3v) is 4.33. The molecule has 0 bridgehead atoms. The van der Waals surface area contributed by atoms with Gasteiger partial charge in [-0.05, 0) is 37.6 Å². The van der Waals surface area contributed by atoms with Crippen molar-refractivity contribution >= 4 is 34.1 Å². The largest absolute Gasteiger partial charge is 0.348 e. The van der Waals surface area contributed by atoms with Crippen LogP contribution in [-0.2, 0) is 7.05 Å². The zero-order valence-electron chi connectivity index (χ0n) is 13.7. The summed E-state index contributed by atoms with van der Waals surface area (Å²) in [5.74, 6) is -0.426. The fraction of sp³-hybridized carbons (Fsp3) is 0.158. The van der Waals surface area contributed by atoms with Gasteiger partial charge >= 0.3 is 0 Å². The number of para-hydroxylation sites is 1. The number of benzene rings is 2. The molecule has 0 unspecified atom stereocenters. The number of hydrogen-bond donors (Lipinski definition) is 1. The first-order valence-corrected chi connectivity index (χ1v) is 7.92. The molecule has 1 N–H and O–H groups in total. The molecule has 0 aliphatic rings. The number of rotatable bonds is 2. The molecule has 0 aliphatic carbocycles. The van der Waals surface area contributed by atoms with Crippen LogP contribution in [0.4, 0.5) is 5.69 Å². The maximum absolute atomic E-state index is 12.7. The maximum Gasteiger partial charge on any atom is 0.261 e. The van der Waals surface area contributed by atoms with Gasteiger partial charge in [0.25, 0.3) is 5.91 Å². The smallest absolute Gasteiger partial charge is 0.261 e. The van der Waals surface area contributed by atoms with E-state index in [0.717, 1.165) is 11.1 Å². The monoisotopic (exact) mass is 340 g/mol. The first kappa shape index (κ1) is 16.3. The standard InChI is InChI=1S/C19H17ClN2O2/c1-11-7-8-16(12(2)9-11)21-19(24)14-10-22(3)17-13(18(14)23)5-4-6-15(17)20/h4-10H,1-3H3,(H,21,24). The molecule has 0 atom stereocenters. The molecule has 1 heterocycles. The molecule has 3 aromatic rings. The number of pyridine rings is 1. The highest BCUT2D eigenvalue weighted by atomic mass is 35.5. The van der Waals surface area contributed by atoms with E-state index in [1.165, 1.54) is 6.20 Å². The Morgan fingerprint density at radius 3 is 2.62 bits per heavy atom. The van der Waals surface area contributed by atoms with Gasteiger partial charge in [0.2, 0.25) is 5.43 Å². The molecule has 0 saturated heterocycles. The average Bonchev–Trinajstić information content (AvgIpc) is 2.53. The number of nitrogens with one attached hydrogen (secondary N) is 1. The van der Waals surface area contributed by atoms with E-state index in [1.807, 2.05) is 32.0 Å². The van der Waals surface area contributed by atoms with Crippen LogP contribution in [-0.4, -0.2) is 10.5 Å². The maximum atomic E-state index is 12.7. The number of fused-ring (bicyclic) bond motifs is 1. The summed E-state index contributed by atoms with van der Waals surface area (Å²) < 4.78 is 1.70. The Labute approximate surface area is 144 Å². The lowest BCUT2D eigenvalue weighted by Crippen LogP contribution is -2.23. The molecule has 0 saturated carbocycles. The molecular weight excluding hydrogens is 324 g/mol. The van der Waals surface area contributed by atoms with Crippen LogP contribution in [0.3, 0.4) is 0 Å². The summed E-state index contributed by atoms with van der Waals surface area (Å²) in [5.41, 5.74) is 3.14. The first-order valence-electron chi connectivity index (χ1n) is 7.55. The van der Waals surface area contributed by atoms with Crippen LogP contribution >= 0.6 is 11.6 Å². The molecule has 0 fully saturated rings. The SMILES string of the molecule is Cc1ccc(NC(=O)c2cn(C)c3c(Cl)cccc3c2=O)c(C)c1. The van der Waals surface area contributed by atoms with Crippen LogP contribution < -0.4 is 10.7 Å². The van der Waals surface area contributed by atoms with Gasteiger partial charge in [-0.3, -0.25) is 9.59 Å². The van der Waals surface area contributed by atoms with Crippen LogP contribution in [0, 0.1) is 13.8 Å². The van der Waals surface area contributed by atoms with Gasteiger partial charge in [-0.1, -0.05) is 35.4 Å². The minimum atomic E-state index is -0.426.